The molecular formula is C10H20N4O2. The molecule has 1 aliphatic rings. The smallest absolute Gasteiger partial charge is 0.291 e. The van der Waals surface area contributed by atoms with E-state index >= 15 is 0 Å². The third-order valence-electron chi connectivity index (χ3n) is 2.41. The van der Waals surface area contributed by atoms with Gasteiger partial charge in [0.2, 0.25) is 0 Å². The molecule has 0 aromatic carbocycles. The highest BCUT2D eigenvalue weighted by Crippen LogP contribution is 2.18. The van der Waals surface area contributed by atoms with E-state index in [1.807, 2.05) is 13.8 Å². The molecule has 0 radical (unpaired) electrons. The van der Waals surface area contributed by atoms with Gasteiger partial charge in [-0.25, -0.2) is 4.99 Å². The van der Waals surface area contributed by atoms with Crippen molar-refractivity contribution < 1.29 is 9.47 Å². The van der Waals surface area contributed by atoms with Crippen LogP contribution in [0.1, 0.15) is 20.3 Å². The molecule has 0 amide bonds. The number of aliphatic imine (C=N–C) groups is 1. The van der Waals surface area contributed by atoms with Crippen molar-refractivity contribution in [2.75, 3.05) is 13.7 Å². The first-order valence-electron chi connectivity index (χ1n) is 5.28. The quantitative estimate of drug-likeness (QED) is 0.622. The average Bonchev–Trinajstić information content (AvgIpc) is 2.24. The SMILES string of the molecule is CCC1(N)N=C(O[C@@H](C)COC)NC=C1N. The van der Waals surface area contributed by atoms with Gasteiger partial charge in [0, 0.05) is 13.3 Å². The lowest BCUT2D eigenvalue weighted by atomic mass is 10.1. The molecular weight excluding hydrogens is 208 g/mol. The van der Waals surface area contributed by atoms with Crippen LogP contribution in [0.15, 0.2) is 16.9 Å². The Morgan fingerprint density at radius 3 is 2.88 bits per heavy atom. The minimum Gasteiger partial charge on any atom is -0.460 e. The predicted octanol–water partition coefficient (Wildman–Crippen LogP) is -0.138. The van der Waals surface area contributed by atoms with Crippen molar-refractivity contribution in [1.82, 2.24) is 5.32 Å². The van der Waals surface area contributed by atoms with Crippen LogP contribution in [0.2, 0.25) is 0 Å². The van der Waals surface area contributed by atoms with Crippen molar-refractivity contribution in [2.45, 2.75) is 32.0 Å². The molecule has 1 heterocycles. The van der Waals surface area contributed by atoms with Crippen LogP contribution >= 0.6 is 0 Å². The Kier molecular flexibility index (Phi) is 4.14. The Morgan fingerprint density at radius 2 is 2.31 bits per heavy atom. The van der Waals surface area contributed by atoms with E-state index in [9.17, 15) is 0 Å². The Bertz CT molecular complexity index is 303. The maximum Gasteiger partial charge on any atom is 0.291 e. The summed E-state index contributed by atoms with van der Waals surface area (Å²) in [7, 11) is 1.62. The van der Waals surface area contributed by atoms with Crippen LogP contribution in [-0.4, -0.2) is 31.5 Å². The van der Waals surface area contributed by atoms with E-state index in [1.165, 1.54) is 0 Å². The molecule has 92 valence electrons. The summed E-state index contributed by atoms with van der Waals surface area (Å²) < 4.78 is 10.5. The van der Waals surface area contributed by atoms with E-state index in [-0.39, 0.29) is 6.10 Å². The second kappa shape index (κ2) is 5.18. The van der Waals surface area contributed by atoms with Gasteiger partial charge in [-0.1, -0.05) is 6.92 Å². The first-order chi connectivity index (χ1) is 7.51. The highest BCUT2D eigenvalue weighted by molar-refractivity contribution is 5.77. The van der Waals surface area contributed by atoms with Gasteiger partial charge in [0.05, 0.1) is 12.3 Å². The van der Waals surface area contributed by atoms with Gasteiger partial charge < -0.3 is 26.3 Å². The summed E-state index contributed by atoms with van der Waals surface area (Å²) in [6.45, 7) is 4.30. The van der Waals surface area contributed by atoms with Gasteiger partial charge in [0.1, 0.15) is 6.10 Å². The molecule has 1 aliphatic heterocycles. The Labute approximate surface area is 95.7 Å². The monoisotopic (exact) mass is 228 g/mol. The van der Waals surface area contributed by atoms with Gasteiger partial charge in [-0.3, -0.25) is 0 Å². The molecule has 0 saturated carbocycles. The van der Waals surface area contributed by atoms with Crippen LogP contribution < -0.4 is 16.8 Å². The summed E-state index contributed by atoms with van der Waals surface area (Å²) >= 11 is 0. The van der Waals surface area contributed by atoms with Gasteiger partial charge in [-0.05, 0) is 13.3 Å². The predicted molar refractivity (Wildman–Crippen MR) is 62.5 cm³/mol. The lowest BCUT2D eigenvalue weighted by Gasteiger charge is -2.29. The van der Waals surface area contributed by atoms with Gasteiger partial charge in [-0.2, -0.15) is 0 Å². The lowest BCUT2D eigenvalue weighted by Crippen LogP contribution is -2.49. The fourth-order valence-electron chi connectivity index (χ4n) is 1.35. The van der Waals surface area contributed by atoms with Crippen LogP contribution in [0.25, 0.3) is 0 Å². The second-order valence-corrected chi connectivity index (χ2v) is 3.82. The zero-order chi connectivity index (χ0) is 12.2. The summed E-state index contributed by atoms with van der Waals surface area (Å²) in [4.78, 5) is 4.25. The summed E-state index contributed by atoms with van der Waals surface area (Å²) in [5.74, 6) is 0. The third-order valence-corrected chi connectivity index (χ3v) is 2.41. The van der Waals surface area contributed by atoms with Crippen molar-refractivity contribution in [1.29, 1.82) is 0 Å². The molecule has 0 spiro atoms. The first-order valence-corrected chi connectivity index (χ1v) is 5.28. The molecule has 1 rings (SSSR count). The molecule has 0 aromatic heterocycles. The molecule has 2 atom stereocenters. The molecule has 6 nitrogen and oxygen atoms in total. The maximum absolute atomic E-state index is 6.01. The van der Waals surface area contributed by atoms with Crippen molar-refractivity contribution in [3.05, 3.63) is 11.9 Å². The number of hydrogen-bond acceptors (Lipinski definition) is 6. The number of nitrogens with one attached hydrogen (secondary N) is 1. The zero-order valence-electron chi connectivity index (χ0n) is 9.99. The normalized spacial score (nSPS) is 26.5. The fraction of sp³-hybridized carbons (Fsp3) is 0.700. The van der Waals surface area contributed by atoms with Crippen molar-refractivity contribution >= 4 is 6.02 Å². The third kappa shape index (κ3) is 2.86. The summed E-state index contributed by atoms with van der Waals surface area (Å²) in [6, 6.07) is 0.378. The van der Waals surface area contributed by atoms with Crippen LogP contribution in [0.3, 0.4) is 0 Å². The molecule has 0 bridgehead atoms. The first kappa shape index (κ1) is 12.8. The molecule has 5 N–H and O–H groups in total. The largest absolute Gasteiger partial charge is 0.460 e. The molecule has 1 unspecified atom stereocenters. The lowest BCUT2D eigenvalue weighted by molar-refractivity contribution is 0.0804. The van der Waals surface area contributed by atoms with E-state index in [0.717, 1.165) is 0 Å². The molecule has 6 heteroatoms. The standard InChI is InChI=1S/C10H20N4O2/c1-4-10(12)8(11)5-13-9(14-10)16-7(2)6-15-3/h5,7H,4,6,11-12H2,1-3H3,(H,13,14)/t7-,10?/m0/s1. The van der Waals surface area contributed by atoms with Gasteiger partial charge in [0.25, 0.3) is 6.02 Å². The van der Waals surface area contributed by atoms with E-state index in [1.54, 1.807) is 13.3 Å². The number of amidine groups is 1. The summed E-state index contributed by atoms with van der Waals surface area (Å²) in [5.41, 5.74) is 11.4. The Morgan fingerprint density at radius 1 is 1.62 bits per heavy atom. The van der Waals surface area contributed by atoms with Crippen LogP contribution in [0, 0.1) is 0 Å². The highest BCUT2D eigenvalue weighted by atomic mass is 16.5. The van der Waals surface area contributed by atoms with Gasteiger partial charge in [0.15, 0.2) is 5.66 Å². The average molecular weight is 228 g/mol. The minimum atomic E-state index is -0.868. The van der Waals surface area contributed by atoms with Gasteiger partial charge >= 0.3 is 0 Å². The van der Waals surface area contributed by atoms with Crippen molar-refractivity contribution in [2.24, 2.45) is 16.5 Å². The number of hydrogen-bond donors (Lipinski definition) is 3. The van der Waals surface area contributed by atoms with Gasteiger partial charge in [-0.15, -0.1) is 0 Å². The highest BCUT2D eigenvalue weighted by Gasteiger charge is 2.29. The molecule has 0 fully saturated rings. The number of ether oxygens (including phenoxy) is 2. The maximum atomic E-state index is 6.01. The number of methoxy groups -OCH3 is 1. The summed E-state index contributed by atoms with van der Waals surface area (Å²) in [5, 5.41) is 2.85. The van der Waals surface area contributed by atoms with Crippen LogP contribution in [0.4, 0.5) is 0 Å². The molecule has 0 saturated heterocycles. The molecule has 16 heavy (non-hydrogen) atoms. The van der Waals surface area contributed by atoms with Crippen LogP contribution in [0.5, 0.6) is 0 Å². The van der Waals surface area contributed by atoms with E-state index < -0.39 is 5.66 Å². The zero-order valence-corrected chi connectivity index (χ0v) is 9.99. The minimum absolute atomic E-state index is 0.0925. The Hall–Kier alpha value is -1.27. The van der Waals surface area contributed by atoms with Crippen molar-refractivity contribution in [3.8, 4) is 0 Å². The summed E-state index contributed by atoms with van der Waals surface area (Å²) in [6.07, 6.45) is 2.14. The van der Waals surface area contributed by atoms with E-state index in [0.29, 0.717) is 24.7 Å². The van der Waals surface area contributed by atoms with Crippen molar-refractivity contribution in [3.63, 3.8) is 0 Å². The number of nitrogens with two attached hydrogens (primary N) is 2. The fourth-order valence-corrected chi connectivity index (χ4v) is 1.35. The molecule has 0 aliphatic carbocycles. The van der Waals surface area contributed by atoms with E-state index in [4.69, 9.17) is 20.9 Å². The second-order valence-electron chi connectivity index (χ2n) is 3.82. The number of rotatable bonds is 4. The Balaban J connectivity index is 2.67. The van der Waals surface area contributed by atoms with E-state index in [2.05, 4.69) is 10.3 Å². The number of nitrogens with zero attached hydrogens (tertiary/aromatic N) is 1. The molecule has 0 aromatic rings. The van der Waals surface area contributed by atoms with Crippen LogP contribution in [-0.2, 0) is 9.47 Å². The topological polar surface area (TPSA) is 94.9 Å².